The molecule has 0 radical (unpaired) electrons. The Kier molecular flexibility index (Phi) is 5.00. The molecule has 18 heavy (non-hydrogen) atoms. The Balaban J connectivity index is 2.97. The van der Waals surface area contributed by atoms with Crippen LogP contribution in [0.4, 0.5) is 0 Å². The average molecular weight is 307 g/mol. The van der Waals surface area contributed by atoms with Crippen LogP contribution in [0.15, 0.2) is 18.2 Å². The minimum Gasteiger partial charge on any atom is -0.211 e. The van der Waals surface area contributed by atoms with E-state index in [1.165, 1.54) is 13.0 Å². The van der Waals surface area contributed by atoms with Crippen molar-refractivity contribution in [1.29, 1.82) is 5.26 Å². The number of rotatable bonds is 4. The van der Waals surface area contributed by atoms with Crippen molar-refractivity contribution in [3.63, 3.8) is 0 Å². The maximum atomic E-state index is 11.7. The van der Waals surface area contributed by atoms with E-state index in [-0.39, 0.29) is 0 Å². The smallest absolute Gasteiger partial charge is 0.211 e. The van der Waals surface area contributed by atoms with E-state index < -0.39 is 21.3 Å². The summed E-state index contributed by atoms with van der Waals surface area (Å²) >= 11 is 11.7. The third-order valence-electron chi connectivity index (χ3n) is 2.42. The van der Waals surface area contributed by atoms with Crippen LogP contribution in [0.5, 0.6) is 0 Å². The zero-order valence-electron chi connectivity index (χ0n) is 9.81. The van der Waals surface area contributed by atoms with Gasteiger partial charge in [-0.3, -0.25) is 0 Å². The van der Waals surface area contributed by atoms with E-state index in [0.717, 1.165) is 0 Å². The normalized spacial score (nSPS) is 14.8. The predicted molar refractivity (Wildman–Crippen MR) is 72.0 cm³/mol. The maximum Gasteiger partial charge on any atom is 0.228 e. The van der Waals surface area contributed by atoms with Crippen molar-refractivity contribution in [3.05, 3.63) is 33.8 Å². The zero-order chi connectivity index (χ0) is 13.9. The standard InChI is InChI=1S/C11H12Cl2N2O2S/c1-7(6-14)18(16,17)15-8(2)10-4-3-9(12)5-11(10)13/h3-5,7-8,15H,1-2H3. The molecule has 0 amide bonds. The molecular weight excluding hydrogens is 295 g/mol. The van der Waals surface area contributed by atoms with Gasteiger partial charge in [0, 0.05) is 16.1 Å². The Morgan fingerprint density at radius 1 is 1.33 bits per heavy atom. The van der Waals surface area contributed by atoms with Gasteiger partial charge in [0.1, 0.15) is 0 Å². The molecule has 0 spiro atoms. The summed E-state index contributed by atoms with van der Waals surface area (Å²) < 4.78 is 25.8. The second kappa shape index (κ2) is 5.89. The number of halogens is 2. The fraction of sp³-hybridized carbons (Fsp3) is 0.364. The van der Waals surface area contributed by atoms with Gasteiger partial charge < -0.3 is 0 Å². The third kappa shape index (κ3) is 3.59. The molecule has 0 aliphatic rings. The second-order valence-electron chi connectivity index (χ2n) is 3.82. The van der Waals surface area contributed by atoms with E-state index in [4.69, 9.17) is 28.5 Å². The highest BCUT2D eigenvalue weighted by Crippen LogP contribution is 2.26. The highest BCUT2D eigenvalue weighted by molar-refractivity contribution is 7.90. The quantitative estimate of drug-likeness (QED) is 0.930. The highest BCUT2D eigenvalue weighted by Gasteiger charge is 2.23. The minimum absolute atomic E-state index is 0.377. The lowest BCUT2D eigenvalue weighted by Crippen LogP contribution is -2.33. The first-order valence-corrected chi connectivity index (χ1v) is 7.44. The van der Waals surface area contributed by atoms with Gasteiger partial charge in [-0.1, -0.05) is 29.3 Å². The minimum atomic E-state index is -3.69. The van der Waals surface area contributed by atoms with Crippen molar-refractivity contribution in [2.75, 3.05) is 0 Å². The van der Waals surface area contributed by atoms with Gasteiger partial charge in [0.25, 0.3) is 0 Å². The molecule has 98 valence electrons. The van der Waals surface area contributed by atoms with Crippen LogP contribution in [0.25, 0.3) is 0 Å². The summed E-state index contributed by atoms with van der Waals surface area (Å²) in [6, 6.07) is 5.96. The molecule has 1 rings (SSSR count). The monoisotopic (exact) mass is 306 g/mol. The SMILES string of the molecule is CC(NS(=O)(=O)C(C)C#N)c1ccc(Cl)cc1Cl. The summed E-state index contributed by atoms with van der Waals surface area (Å²) in [6.07, 6.45) is 0. The summed E-state index contributed by atoms with van der Waals surface area (Å²) in [5.74, 6) is 0. The Morgan fingerprint density at radius 3 is 2.44 bits per heavy atom. The van der Waals surface area contributed by atoms with E-state index in [0.29, 0.717) is 15.6 Å². The Bertz CT molecular complexity index is 581. The molecule has 0 bridgehead atoms. The van der Waals surface area contributed by atoms with Crippen LogP contribution in [0.1, 0.15) is 25.5 Å². The van der Waals surface area contributed by atoms with Crippen LogP contribution < -0.4 is 4.72 Å². The number of nitrogens with one attached hydrogen (secondary N) is 1. The fourth-order valence-electron chi connectivity index (χ4n) is 1.33. The molecule has 2 unspecified atom stereocenters. The molecule has 0 aromatic heterocycles. The number of nitriles is 1. The van der Waals surface area contributed by atoms with Crippen LogP contribution in [0.3, 0.4) is 0 Å². The van der Waals surface area contributed by atoms with Gasteiger partial charge in [-0.15, -0.1) is 0 Å². The Morgan fingerprint density at radius 2 is 1.94 bits per heavy atom. The Labute approximate surface area is 117 Å². The molecule has 1 N–H and O–H groups in total. The van der Waals surface area contributed by atoms with Crippen molar-refractivity contribution in [2.24, 2.45) is 0 Å². The number of sulfonamides is 1. The van der Waals surface area contributed by atoms with E-state index in [1.807, 2.05) is 0 Å². The molecule has 2 atom stereocenters. The fourth-order valence-corrected chi connectivity index (χ4v) is 2.87. The summed E-state index contributed by atoms with van der Waals surface area (Å²) in [5, 5.41) is 8.37. The summed E-state index contributed by atoms with van der Waals surface area (Å²) in [4.78, 5) is 0. The van der Waals surface area contributed by atoms with E-state index in [9.17, 15) is 8.42 Å². The largest absolute Gasteiger partial charge is 0.228 e. The number of hydrogen-bond donors (Lipinski definition) is 1. The number of nitrogens with zero attached hydrogens (tertiary/aromatic N) is 1. The van der Waals surface area contributed by atoms with Crippen molar-refractivity contribution in [2.45, 2.75) is 25.1 Å². The molecule has 7 heteroatoms. The van der Waals surface area contributed by atoms with Crippen LogP contribution in [-0.4, -0.2) is 13.7 Å². The molecular formula is C11H12Cl2N2O2S. The first kappa shape index (κ1) is 15.3. The first-order chi connectivity index (χ1) is 8.27. The number of benzene rings is 1. The van der Waals surface area contributed by atoms with Crippen LogP contribution in [0, 0.1) is 11.3 Å². The maximum absolute atomic E-state index is 11.7. The average Bonchev–Trinajstić information content (AvgIpc) is 2.26. The van der Waals surface area contributed by atoms with Gasteiger partial charge in [0.05, 0.1) is 6.07 Å². The van der Waals surface area contributed by atoms with Crippen molar-refractivity contribution in [3.8, 4) is 6.07 Å². The van der Waals surface area contributed by atoms with Gasteiger partial charge in [0.2, 0.25) is 10.0 Å². The lowest BCUT2D eigenvalue weighted by atomic mass is 10.1. The predicted octanol–water partition coefficient (Wildman–Crippen LogP) is 2.89. The van der Waals surface area contributed by atoms with Gasteiger partial charge in [-0.05, 0) is 31.5 Å². The molecule has 0 heterocycles. The lowest BCUT2D eigenvalue weighted by Gasteiger charge is -2.16. The molecule has 0 saturated heterocycles. The van der Waals surface area contributed by atoms with E-state index in [1.54, 1.807) is 25.1 Å². The van der Waals surface area contributed by atoms with E-state index >= 15 is 0 Å². The molecule has 0 fully saturated rings. The topological polar surface area (TPSA) is 70.0 Å². The van der Waals surface area contributed by atoms with E-state index in [2.05, 4.69) is 4.72 Å². The Hall–Kier alpha value is -0.800. The summed E-state index contributed by atoms with van der Waals surface area (Å²) in [6.45, 7) is 2.97. The molecule has 0 saturated carbocycles. The van der Waals surface area contributed by atoms with Gasteiger partial charge >= 0.3 is 0 Å². The van der Waals surface area contributed by atoms with Gasteiger partial charge in [-0.2, -0.15) is 5.26 Å². The second-order valence-corrected chi connectivity index (χ2v) is 6.70. The lowest BCUT2D eigenvalue weighted by molar-refractivity contribution is 0.562. The zero-order valence-corrected chi connectivity index (χ0v) is 12.1. The summed E-state index contributed by atoms with van der Waals surface area (Å²) in [7, 11) is -3.69. The molecule has 4 nitrogen and oxygen atoms in total. The van der Waals surface area contributed by atoms with Crippen LogP contribution >= 0.6 is 23.2 Å². The van der Waals surface area contributed by atoms with Gasteiger partial charge in [0.15, 0.2) is 5.25 Å². The number of hydrogen-bond acceptors (Lipinski definition) is 3. The van der Waals surface area contributed by atoms with Crippen LogP contribution in [0.2, 0.25) is 10.0 Å². The molecule has 0 aliphatic heterocycles. The van der Waals surface area contributed by atoms with Gasteiger partial charge in [-0.25, -0.2) is 13.1 Å². The third-order valence-corrected chi connectivity index (χ3v) is 4.70. The van der Waals surface area contributed by atoms with Crippen LogP contribution in [-0.2, 0) is 10.0 Å². The highest BCUT2D eigenvalue weighted by atomic mass is 35.5. The first-order valence-electron chi connectivity index (χ1n) is 5.13. The molecule has 1 aromatic carbocycles. The van der Waals surface area contributed by atoms with Crippen molar-refractivity contribution >= 4 is 33.2 Å². The van der Waals surface area contributed by atoms with Crippen molar-refractivity contribution < 1.29 is 8.42 Å². The molecule has 1 aromatic rings. The summed E-state index contributed by atoms with van der Waals surface area (Å²) in [5.41, 5.74) is 0.606. The molecule has 0 aliphatic carbocycles. The van der Waals surface area contributed by atoms with Crippen molar-refractivity contribution in [1.82, 2.24) is 4.72 Å².